The number of anilines is 1. The number of hydrogen-bond donors (Lipinski definition) is 3. The Morgan fingerprint density at radius 1 is 1.14 bits per heavy atom. The third-order valence-corrected chi connectivity index (χ3v) is 7.35. The molecule has 13 heteroatoms. The number of nitrogens with zero attached hydrogens (tertiary/aromatic N) is 2. The Kier molecular flexibility index (Phi) is 10.1. The van der Waals surface area contributed by atoms with Crippen LogP contribution in [0.25, 0.3) is 0 Å². The normalized spacial score (nSPS) is 16.1. The van der Waals surface area contributed by atoms with E-state index in [0.29, 0.717) is 18.5 Å². The number of urea groups is 1. The highest BCUT2D eigenvalue weighted by Gasteiger charge is 2.37. The summed E-state index contributed by atoms with van der Waals surface area (Å²) in [4.78, 5) is 52.2. The van der Waals surface area contributed by atoms with Gasteiger partial charge in [0.25, 0.3) is 0 Å². The minimum Gasteiger partial charge on any atom is -0.465 e. The molecule has 3 N–H and O–H groups in total. The van der Waals surface area contributed by atoms with E-state index in [0.717, 1.165) is 43.8 Å². The molecule has 0 radical (unpaired) electrons. The molecule has 2 aliphatic rings. The fourth-order valence-corrected chi connectivity index (χ4v) is 5.19. The number of cyclic esters (lactones) is 1. The van der Waals surface area contributed by atoms with Crippen molar-refractivity contribution in [1.82, 2.24) is 20.9 Å². The second kappa shape index (κ2) is 13.9. The van der Waals surface area contributed by atoms with Crippen LogP contribution in [0.15, 0.2) is 53.7 Å². The fourth-order valence-electron chi connectivity index (χ4n) is 5.19. The molecule has 42 heavy (non-hydrogen) atoms. The maximum absolute atomic E-state index is 14.1. The van der Waals surface area contributed by atoms with Gasteiger partial charge in [0.15, 0.2) is 11.6 Å². The second-order valence-electron chi connectivity index (χ2n) is 9.87. The first-order valence-electron chi connectivity index (χ1n) is 13.5. The van der Waals surface area contributed by atoms with Crippen molar-refractivity contribution in [3.05, 3.63) is 76.5 Å². The number of piperidine rings is 1. The zero-order valence-electron chi connectivity index (χ0n) is 23.3. The number of esters is 2. The highest BCUT2D eigenvalue weighted by atomic mass is 19.2. The Labute approximate surface area is 241 Å². The second-order valence-corrected chi connectivity index (χ2v) is 9.87. The van der Waals surface area contributed by atoms with E-state index >= 15 is 0 Å². The van der Waals surface area contributed by atoms with Crippen LogP contribution in [0.1, 0.15) is 34.8 Å². The molecule has 11 nitrogen and oxygen atoms in total. The summed E-state index contributed by atoms with van der Waals surface area (Å²) < 4.78 is 37.7. The van der Waals surface area contributed by atoms with Crippen LogP contribution in [0.4, 0.5) is 19.3 Å². The number of carbonyl (C=O) groups is 4. The lowest BCUT2D eigenvalue weighted by Gasteiger charge is -2.35. The molecule has 2 aromatic rings. The Balaban J connectivity index is 1.34. The lowest BCUT2D eigenvalue weighted by Crippen LogP contribution is -2.47. The van der Waals surface area contributed by atoms with Gasteiger partial charge in [0.05, 0.1) is 35.7 Å². The summed E-state index contributed by atoms with van der Waals surface area (Å²) in [6.45, 7) is 1.96. The molecule has 1 saturated heterocycles. The van der Waals surface area contributed by atoms with Gasteiger partial charge in [0.1, 0.15) is 6.61 Å². The predicted molar refractivity (Wildman–Crippen MR) is 148 cm³/mol. The van der Waals surface area contributed by atoms with E-state index in [-0.39, 0.29) is 42.0 Å². The van der Waals surface area contributed by atoms with Crippen LogP contribution in [0.5, 0.6) is 0 Å². The summed E-state index contributed by atoms with van der Waals surface area (Å²) in [6, 6.07) is 8.88. The standard InChI is InChI=1S/C29H33F2N5O6/c1-35(26(18-7-8-21(30)22(31)15-18)25-23(34-17-37)16-42-28(25)39)29(40)33-12-11-32-19-9-13-36(14-10-19)24-6-4-3-5-20(24)27(38)41-2/h3-8,15,17,19,26,32H,9-14,16H2,1-2H3,(H,33,40)(H,34,37)/t26-/m0/s1. The molecule has 1 fully saturated rings. The van der Waals surface area contributed by atoms with Crippen LogP contribution < -0.4 is 20.9 Å². The average molecular weight is 586 g/mol. The lowest BCUT2D eigenvalue weighted by atomic mass is 9.96. The quantitative estimate of drug-likeness (QED) is 0.208. The van der Waals surface area contributed by atoms with Gasteiger partial charge in [-0.25, -0.2) is 23.2 Å². The van der Waals surface area contributed by atoms with E-state index in [4.69, 9.17) is 9.47 Å². The highest BCUT2D eigenvalue weighted by molar-refractivity contribution is 5.96. The van der Waals surface area contributed by atoms with Crippen molar-refractivity contribution >= 4 is 30.1 Å². The number of nitrogens with one attached hydrogen (secondary N) is 3. The van der Waals surface area contributed by atoms with Crippen LogP contribution in [0, 0.1) is 11.6 Å². The van der Waals surface area contributed by atoms with E-state index in [1.807, 2.05) is 12.1 Å². The monoisotopic (exact) mass is 585 g/mol. The Bertz CT molecular complexity index is 1360. The molecule has 2 aliphatic heterocycles. The average Bonchev–Trinajstić information content (AvgIpc) is 3.36. The van der Waals surface area contributed by atoms with Crippen LogP contribution >= 0.6 is 0 Å². The van der Waals surface area contributed by atoms with E-state index in [1.54, 1.807) is 12.1 Å². The first kappa shape index (κ1) is 30.4. The molecule has 0 saturated carbocycles. The number of amides is 3. The predicted octanol–water partition coefficient (Wildman–Crippen LogP) is 2.25. The van der Waals surface area contributed by atoms with Crippen LogP contribution in [0.2, 0.25) is 0 Å². The van der Waals surface area contributed by atoms with E-state index in [9.17, 15) is 28.0 Å². The van der Waals surface area contributed by atoms with Crippen molar-refractivity contribution in [2.24, 2.45) is 0 Å². The number of likely N-dealkylation sites (N-methyl/N-ethyl adjacent to an activating group) is 1. The molecule has 3 amide bonds. The van der Waals surface area contributed by atoms with Gasteiger partial charge in [-0.15, -0.1) is 0 Å². The third-order valence-electron chi connectivity index (χ3n) is 7.35. The molecule has 0 aliphatic carbocycles. The molecule has 224 valence electrons. The molecule has 0 spiro atoms. The van der Waals surface area contributed by atoms with Crippen molar-refractivity contribution in [2.45, 2.75) is 24.9 Å². The Morgan fingerprint density at radius 3 is 2.57 bits per heavy atom. The lowest BCUT2D eigenvalue weighted by molar-refractivity contribution is -0.136. The summed E-state index contributed by atoms with van der Waals surface area (Å²) in [6.07, 6.45) is 2.02. The van der Waals surface area contributed by atoms with Gasteiger partial charge < -0.3 is 35.2 Å². The number of methoxy groups -OCH3 is 1. The zero-order valence-corrected chi connectivity index (χ0v) is 23.3. The van der Waals surface area contributed by atoms with Gasteiger partial charge in [-0.2, -0.15) is 0 Å². The Hall–Kier alpha value is -4.52. The van der Waals surface area contributed by atoms with Crippen LogP contribution in [-0.2, 0) is 19.1 Å². The number of carbonyl (C=O) groups excluding carboxylic acids is 4. The molecule has 0 unspecified atom stereocenters. The van der Waals surface area contributed by atoms with Gasteiger partial charge in [0.2, 0.25) is 6.41 Å². The van der Waals surface area contributed by atoms with Gasteiger partial charge in [-0.1, -0.05) is 18.2 Å². The summed E-state index contributed by atoms with van der Waals surface area (Å²) in [5.74, 6) is -3.39. The van der Waals surface area contributed by atoms with Crippen molar-refractivity contribution in [1.29, 1.82) is 0 Å². The maximum Gasteiger partial charge on any atom is 0.339 e. The molecule has 2 aromatic carbocycles. The number of benzene rings is 2. The molecule has 0 aromatic heterocycles. The topological polar surface area (TPSA) is 129 Å². The number of halogens is 2. The van der Waals surface area contributed by atoms with E-state index in [1.165, 1.54) is 25.1 Å². The zero-order chi connectivity index (χ0) is 30.2. The number of hydrogen-bond acceptors (Lipinski definition) is 8. The maximum atomic E-state index is 14.1. The number of rotatable bonds is 11. The number of para-hydroxylation sites is 1. The SMILES string of the molecule is COC(=O)c1ccccc1N1CCC(NCCNC(=O)N(C)[C@H](C2=C(NC=O)COC2=O)c2ccc(F)c(F)c2)CC1. The molecule has 2 heterocycles. The van der Waals surface area contributed by atoms with Crippen molar-refractivity contribution in [2.75, 3.05) is 51.8 Å². The van der Waals surface area contributed by atoms with Gasteiger partial charge >= 0.3 is 18.0 Å². The van der Waals surface area contributed by atoms with Crippen molar-refractivity contribution < 1.29 is 37.4 Å². The smallest absolute Gasteiger partial charge is 0.339 e. The molecule has 1 atom stereocenters. The summed E-state index contributed by atoms with van der Waals surface area (Å²) in [7, 11) is 2.77. The van der Waals surface area contributed by atoms with E-state index < -0.39 is 29.7 Å². The first-order valence-corrected chi connectivity index (χ1v) is 13.5. The molecule has 0 bridgehead atoms. The minimum absolute atomic E-state index is 0.0515. The number of ether oxygens (including phenoxy) is 2. The van der Waals surface area contributed by atoms with Crippen LogP contribution in [-0.4, -0.2) is 82.3 Å². The minimum atomic E-state index is -1.15. The van der Waals surface area contributed by atoms with Crippen LogP contribution in [0.3, 0.4) is 0 Å². The fraction of sp³-hybridized carbons (Fsp3) is 0.379. The van der Waals surface area contributed by atoms with Gasteiger partial charge in [-0.3, -0.25) is 4.79 Å². The summed E-state index contributed by atoms with van der Waals surface area (Å²) in [5, 5.41) is 8.60. The third kappa shape index (κ3) is 6.85. The molecular formula is C29H33F2N5O6. The summed E-state index contributed by atoms with van der Waals surface area (Å²) >= 11 is 0. The molecular weight excluding hydrogens is 552 g/mol. The first-order chi connectivity index (χ1) is 20.2. The largest absolute Gasteiger partial charge is 0.465 e. The van der Waals surface area contributed by atoms with Crippen molar-refractivity contribution in [3.63, 3.8) is 0 Å². The highest BCUT2D eigenvalue weighted by Crippen LogP contribution is 2.34. The summed E-state index contributed by atoms with van der Waals surface area (Å²) in [5.41, 5.74) is 1.57. The van der Waals surface area contributed by atoms with Gasteiger partial charge in [-0.05, 0) is 42.7 Å². The van der Waals surface area contributed by atoms with E-state index in [2.05, 4.69) is 20.9 Å². The van der Waals surface area contributed by atoms with Gasteiger partial charge in [0, 0.05) is 39.3 Å². The van der Waals surface area contributed by atoms with Crippen molar-refractivity contribution in [3.8, 4) is 0 Å². The Morgan fingerprint density at radius 2 is 1.88 bits per heavy atom. The molecule has 4 rings (SSSR count).